The topological polar surface area (TPSA) is 62.2 Å². The van der Waals surface area contributed by atoms with Gasteiger partial charge in [0.25, 0.3) is 5.91 Å². The average molecular weight is 353 g/mol. The van der Waals surface area contributed by atoms with E-state index in [-0.39, 0.29) is 5.91 Å². The monoisotopic (exact) mass is 353 g/mol. The second kappa shape index (κ2) is 8.36. The number of likely N-dealkylation sites (tertiary alicyclic amines) is 1. The highest BCUT2D eigenvalue weighted by molar-refractivity contribution is 5.92. The number of amides is 1. The quantitative estimate of drug-likeness (QED) is 0.845. The van der Waals surface area contributed by atoms with Crippen LogP contribution in [-0.2, 0) is 6.54 Å². The standard InChI is InChI=1S/C20H27N5O/c1-15-13-19(23-16(2)22-15)20(26)25-11-6-8-18(9-12-25)24(3)14-17-7-4-5-10-21-17/h4-5,7,10,13,18H,6,8-9,11-12,14H2,1-3H3. The van der Waals surface area contributed by atoms with E-state index in [2.05, 4.69) is 33.0 Å². The van der Waals surface area contributed by atoms with E-state index < -0.39 is 0 Å². The number of carbonyl (C=O) groups is 1. The largest absolute Gasteiger partial charge is 0.337 e. The molecule has 1 aliphatic heterocycles. The predicted molar refractivity (Wildman–Crippen MR) is 101 cm³/mol. The van der Waals surface area contributed by atoms with Gasteiger partial charge in [-0.2, -0.15) is 0 Å². The molecule has 3 heterocycles. The molecule has 1 unspecified atom stereocenters. The van der Waals surface area contributed by atoms with Gasteiger partial charge in [-0.25, -0.2) is 9.97 Å². The van der Waals surface area contributed by atoms with Crippen molar-refractivity contribution in [3.8, 4) is 0 Å². The normalized spacial score (nSPS) is 18.0. The summed E-state index contributed by atoms with van der Waals surface area (Å²) in [6, 6.07) is 8.27. The second-order valence-corrected chi connectivity index (χ2v) is 7.05. The van der Waals surface area contributed by atoms with Crippen molar-refractivity contribution in [3.05, 3.63) is 53.4 Å². The highest BCUT2D eigenvalue weighted by Crippen LogP contribution is 2.19. The fourth-order valence-electron chi connectivity index (χ4n) is 3.59. The number of carbonyl (C=O) groups excluding carboxylic acids is 1. The lowest BCUT2D eigenvalue weighted by Gasteiger charge is -2.27. The average Bonchev–Trinajstić information content (AvgIpc) is 2.87. The minimum Gasteiger partial charge on any atom is -0.337 e. The van der Waals surface area contributed by atoms with Crippen LogP contribution < -0.4 is 0 Å². The number of hydrogen-bond donors (Lipinski definition) is 0. The van der Waals surface area contributed by atoms with Crippen LogP contribution in [0.4, 0.5) is 0 Å². The van der Waals surface area contributed by atoms with Gasteiger partial charge < -0.3 is 4.90 Å². The molecule has 6 heteroatoms. The zero-order valence-corrected chi connectivity index (χ0v) is 15.9. The summed E-state index contributed by atoms with van der Waals surface area (Å²) in [5, 5.41) is 0. The van der Waals surface area contributed by atoms with Crippen LogP contribution in [-0.4, -0.2) is 56.8 Å². The van der Waals surface area contributed by atoms with E-state index >= 15 is 0 Å². The van der Waals surface area contributed by atoms with Gasteiger partial charge in [0.15, 0.2) is 0 Å². The zero-order chi connectivity index (χ0) is 18.5. The molecular weight excluding hydrogens is 326 g/mol. The summed E-state index contributed by atoms with van der Waals surface area (Å²) in [6.45, 7) is 6.11. The van der Waals surface area contributed by atoms with Crippen LogP contribution in [0.25, 0.3) is 0 Å². The Hall–Kier alpha value is -2.34. The van der Waals surface area contributed by atoms with Gasteiger partial charge in [0, 0.05) is 37.6 Å². The molecule has 1 aliphatic rings. The molecule has 138 valence electrons. The molecule has 0 radical (unpaired) electrons. The summed E-state index contributed by atoms with van der Waals surface area (Å²) in [4.78, 5) is 30.1. The molecule has 2 aromatic heterocycles. The van der Waals surface area contributed by atoms with E-state index in [4.69, 9.17) is 0 Å². The molecule has 0 bridgehead atoms. The van der Waals surface area contributed by atoms with Crippen LogP contribution in [0.2, 0.25) is 0 Å². The lowest BCUT2D eigenvalue weighted by Crippen LogP contribution is -2.35. The van der Waals surface area contributed by atoms with Crippen molar-refractivity contribution in [2.75, 3.05) is 20.1 Å². The highest BCUT2D eigenvalue weighted by atomic mass is 16.2. The Labute approximate surface area is 155 Å². The second-order valence-electron chi connectivity index (χ2n) is 7.05. The van der Waals surface area contributed by atoms with Gasteiger partial charge in [0.1, 0.15) is 11.5 Å². The SMILES string of the molecule is Cc1cc(C(=O)N2CCCC(N(C)Cc3ccccn3)CC2)nc(C)n1. The molecule has 1 saturated heterocycles. The Kier molecular flexibility index (Phi) is 5.93. The maximum atomic E-state index is 12.8. The third-order valence-corrected chi connectivity index (χ3v) is 4.93. The summed E-state index contributed by atoms with van der Waals surface area (Å²) in [6.07, 6.45) is 4.90. The van der Waals surface area contributed by atoms with Crippen molar-refractivity contribution >= 4 is 5.91 Å². The Morgan fingerprint density at radius 2 is 2.08 bits per heavy atom. The first-order valence-electron chi connectivity index (χ1n) is 9.24. The molecular formula is C20H27N5O. The van der Waals surface area contributed by atoms with Gasteiger partial charge in [0.05, 0.1) is 5.69 Å². The summed E-state index contributed by atoms with van der Waals surface area (Å²) >= 11 is 0. The molecule has 2 aromatic rings. The summed E-state index contributed by atoms with van der Waals surface area (Å²) in [5.41, 5.74) is 2.43. The zero-order valence-electron chi connectivity index (χ0n) is 15.9. The van der Waals surface area contributed by atoms with E-state index in [0.717, 1.165) is 50.3 Å². The molecule has 3 rings (SSSR count). The number of nitrogens with zero attached hydrogens (tertiary/aromatic N) is 5. The van der Waals surface area contributed by atoms with Crippen molar-refractivity contribution in [1.82, 2.24) is 24.8 Å². The third-order valence-electron chi connectivity index (χ3n) is 4.93. The van der Waals surface area contributed by atoms with Crippen molar-refractivity contribution in [3.63, 3.8) is 0 Å². The van der Waals surface area contributed by atoms with Crippen LogP contribution in [0, 0.1) is 13.8 Å². The minimum absolute atomic E-state index is 0.0200. The number of hydrogen-bond acceptors (Lipinski definition) is 5. The fourth-order valence-corrected chi connectivity index (χ4v) is 3.59. The van der Waals surface area contributed by atoms with Crippen LogP contribution in [0.15, 0.2) is 30.5 Å². The van der Waals surface area contributed by atoms with Crippen molar-refractivity contribution < 1.29 is 4.79 Å². The lowest BCUT2D eigenvalue weighted by molar-refractivity contribution is 0.0750. The molecule has 0 N–H and O–H groups in total. The molecule has 26 heavy (non-hydrogen) atoms. The van der Waals surface area contributed by atoms with Gasteiger partial charge in [-0.15, -0.1) is 0 Å². The van der Waals surface area contributed by atoms with Crippen LogP contribution in [0.3, 0.4) is 0 Å². The molecule has 0 spiro atoms. The van der Waals surface area contributed by atoms with Crippen molar-refractivity contribution in [2.45, 2.75) is 45.7 Å². The van der Waals surface area contributed by atoms with Crippen molar-refractivity contribution in [2.24, 2.45) is 0 Å². The third kappa shape index (κ3) is 4.64. The summed E-state index contributed by atoms with van der Waals surface area (Å²) in [5.74, 6) is 0.669. The van der Waals surface area contributed by atoms with Gasteiger partial charge in [0.2, 0.25) is 0 Å². The van der Waals surface area contributed by atoms with Crippen LogP contribution in [0.5, 0.6) is 0 Å². The first-order valence-corrected chi connectivity index (χ1v) is 9.24. The van der Waals surface area contributed by atoms with Crippen LogP contribution in [0.1, 0.15) is 47.0 Å². The molecule has 0 aliphatic carbocycles. The molecule has 1 atom stereocenters. The minimum atomic E-state index is 0.0200. The summed E-state index contributed by atoms with van der Waals surface area (Å²) < 4.78 is 0. The molecule has 0 aromatic carbocycles. The molecule has 1 fully saturated rings. The molecule has 1 amide bonds. The van der Waals surface area contributed by atoms with Crippen molar-refractivity contribution in [1.29, 1.82) is 0 Å². The first kappa shape index (κ1) is 18.5. The smallest absolute Gasteiger partial charge is 0.272 e. The van der Waals surface area contributed by atoms with Gasteiger partial charge in [-0.05, 0) is 58.4 Å². The van der Waals surface area contributed by atoms with E-state index in [1.165, 1.54) is 0 Å². The number of rotatable bonds is 4. The molecule has 6 nitrogen and oxygen atoms in total. The van der Waals surface area contributed by atoms with E-state index in [0.29, 0.717) is 17.6 Å². The lowest BCUT2D eigenvalue weighted by atomic mass is 10.1. The van der Waals surface area contributed by atoms with E-state index in [1.54, 1.807) is 6.07 Å². The Morgan fingerprint density at radius 3 is 2.81 bits per heavy atom. The predicted octanol–water partition coefficient (Wildman–Crippen LogP) is 2.62. The first-order chi connectivity index (χ1) is 12.5. The number of pyridine rings is 1. The van der Waals surface area contributed by atoms with Gasteiger partial charge >= 0.3 is 0 Å². The fraction of sp³-hybridized carbons (Fsp3) is 0.500. The number of aromatic nitrogens is 3. The molecule has 0 saturated carbocycles. The van der Waals surface area contributed by atoms with Gasteiger partial charge in [-0.3, -0.25) is 14.7 Å². The van der Waals surface area contributed by atoms with E-state index in [1.807, 2.05) is 37.1 Å². The Balaban J connectivity index is 1.61. The highest BCUT2D eigenvalue weighted by Gasteiger charge is 2.25. The van der Waals surface area contributed by atoms with E-state index in [9.17, 15) is 4.79 Å². The maximum Gasteiger partial charge on any atom is 0.272 e. The summed E-state index contributed by atoms with van der Waals surface area (Å²) in [7, 11) is 2.15. The maximum absolute atomic E-state index is 12.8. The Bertz CT molecular complexity index is 729. The Morgan fingerprint density at radius 1 is 1.23 bits per heavy atom. The number of aryl methyl sites for hydroxylation is 2. The van der Waals surface area contributed by atoms with Crippen LogP contribution >= 0.6 is 0 Å². The van der Waals surface area contributed by atoms with Gasteiger partial charge in [-0.1, -0.05) is 6.07 Å².